The van der Waals surface area contributed by atoms with E-state index >= 15 is 0 Å². The molecule has 1 aromatic carbocycles. The highest BCUT2D eigenvalue weighted by Crippen LogP contribution is 2.45. The number of methoxy groups -OCH3 is 1. The molecule has 7 rings (SSSR count). The molecule has 1 saturated carbocycles. The second-order valence-electron chi connectivity index (χ2n) is 13.7. The zero-order chi connectivity index (χ0) is 37.0. The van der Waals surface area contributed by atoms with E-state index in [9.17, 15) is 24.8 Å². The summed E-state index contributed by atoms with van der Waals surface area (Å²) in [6.45, 7) is 10.0. The van der Waals surface area contributed by atoms with Crippen LogP contribution >= 0.6 is 0 Å². The summed E-state index contributed by atoms with van der Waals surface area (Å²) in [6, 6.07) is 6.09. The molecule has 2 atom stereocenters. The molecule has 0 amide bonds. The molecule has 5 aliphatic heterocycles. The maximum absolute atomic E-state index is 13.6. The maximum atomic E-state index is 13.6. The number of aliphatic hydroxyl groups excluding tert-OH is 1. The minimum absolute atomic E-state index is 0.0160. The zero-order valence-electron chi connectivity index (χ0n) is 30.0. The number of hydrogen-bond donors (Lipinski definition) is 2. The normalized spacial score (nSPS) is 23.2. The second-order valence-corrected chi connectivity index (χ2v) is 13.7. The third-order valence-corrected chi connectivity index (χ3v) is 10.7. The van der Waals surface area contributed by atoms with E-state index in [1.165, 1.54) is 19.2 Å². The monoisotopic (exact) mass is 697 g/mol. The molecule has 1 saturated heterocycles. The quantitative estimate of drug-likeness (QED) is 0.127. The van der Waals surface area contributed by atoms with Crippen molar-refractivity contribution in [3.8, 4) is 0 Å². The van der Waals surface area contributed by atoms with Gasteiger partial charge in [0.05, 0.1) is 46.3 Å². The van der Waals surface area contributed by atoms with Crippen molar-refractivity contribution in [1.82, 2.24) is 5.32 Å². The van der Waals surface area contributed by atoms with Crippen molar-refractivity contribution in [3.05, 3.63) is 138 Å². The molecule has 0 radical (unpaired) electrons. The Balaban J connectivity index is 1.42. The molecule has 0 unspecified atom stereocenters. The average Bonchev–Trinajstić information content (AvgIpc) is 3.88. The fourth-order valence-corrected chi connectivity index (χ4v) is 7.75. The van der Waals surface area contributed by atoms with E-state index in [1.807, 2.05) is 39.0 Å². The molecule has 11 heteroatoms. The minimum atomic E-state index is -0.453. The minimum Gasteiger partial charge on any atom is -0.507 e. The van der Waals surface area contributed by atoms with Crippen LogP contribution in [0.2, 0.25) is 0 Å². The second kappa shape index (κ2) is 13.3. The van der Waals surface area contributed by atoms with Gasteiger partial charge in [0.15, 0.2) is 5.78 Å². The van der Waals surface area contributed by atoms with Crippen LogP contribution in [-0.2, 0) is 14.3 Å². The molecule has 8 bridgehead atoms. The van der Waals surface area contributed by atoms with Gasteiger partial charge in [0, 0.05) is 64.9 Å². The Morgan fingerprint density at radius 3 is 2.44 bits per heavy atom. The predicted molar refractivity (Wildman–Crippen MR) is 200 cm³/mol. The maximum Gasteiger partial charge on any atom is 0.305 e. The van der Waals surface area contributed by atoms with Gasteiger partial charge in [-0.15, -0.1) is 0 Å². The van der Waals surface area contributed by atoms with E-state index in [4.69, 9.17) is 19.7 Å². The molecule has 1 aromatic rings. The lowest BCUT2D eigenvalue weighted by atomic mass is 9.86. The van der Waals surface area contributed by atoms with Crippen LogP contribution in [0.15, 0.2) is 137 Å². The van der Waals surface area contributed by atoms with Gasteiger partial charge in [-0.3, -0.25) is 19.7 Å². The first-order valence-corrected chi connectivity index (χ1v) is 17.4. The van der Waals surface area contributed by atoms with Gasteiger partial charge >= 0.3 is 5.97 Å². The number of aliphatic imine (C=N–C) groups is 3. The van der Waals surface area contributed by atoms with Crippen LogP contribution in [0.5, 0.6) is 0 Å². The number of carbonyl (C=O) groups excluding carboxylic acids is 2. The number of hydrogen-bond acceptors (Lipinski definition) is 10. The molecule has 5 heterocycles. The van der Waals surface area contributed by atoms with Crippen molar-refractivity contribution in [2.24, 2.45) is 26.8 Å². The van der Waals surface area contributed by atoms with Crippen molar-refractivity contribution in [3.63, 3.8) is 0 Å². The Morgan fingerprint density at radius 2 is 1.75 bits per heavy atom. The SMILES string of the molecule is CCC1=C(C)C2=CC3=NC(=C(C)/C3=C(O)\C=C\c3ccc([N+](=O)[O-])cc3)C=C3NC(=C4CC(=O)C5=C(C)C(=CC1=N2)N=C45)[C@@H](CCC(=O)OC)[C@@H]3C. The van der Waals surface area contributed by atoms with Gasteiger partial charge in [-0.1, -0.05) is 19.9 Å². The zero-order valence-corrected chi connectivity index (χ0v) is 30.0. The largest absolute Gasteiger partial charge is 0.507 e. The summed E-state index contributed by atoms with van der Waals surface area (Å²) >= 11 is 0. The Labute approximate surface area is 301 Å². The molecule has 11 nitrogen and oxygen atoms in total. The Kier molecular flexibility index (Phi) is 8.82. The van der Waals surface area contributed by atoms with Gasteiger partial charge in [0.2, 0.25) is 0 Å². The van der Waals surface area contributed by atoms with E-state index in [0.717, 1.165) is 51.4 Å². The summed E-state index contributed by atoms with van der Waals surface area (Å²) in [5, 5.41) is 26.4. The number of ether oxygens (including phenoxy) is 1. The van der Waals surface area contributed by atoms with Crippen molar-refractivity contribution in [2.45, 2.75) is 60.3 Å². The van der Waals surface area contributed by atoms with Crippen LogP contribution in [0.4, 0.5) is 5.69 Å². The number of nitrogens with one attached hydrogen (secondary N) is 1. The predicted octanol–water partition coefficient (Wildman–Crippen LogP) is 7.80. The lowest BCUT2D eigenvalue weighted by molar-refractivity contribution is -0.384. The highest BCUT2D eigenvalue weighted by molar-refractivity contribution is 6.38. The van der Waals surface area contributed by atoms with Crippen LogP contribution in [0, 0.1) is 22.0 Å². The summed E-state index contributed by atoms with van der Waals surface area (Å²) in [5.41, 5.74) is 12.1. The first-order chi connectivity index (χ1) is 24.9. The summed E-state index contributed by atoms with van der Waals surface area (Å²) in [5.74, 6) is -0.476. The topological polar surface area (TPSA) is 156 Å². The summed E-state index contributed by atoms with van der Waals surface area (Å²) < 4.78 is 4.98. The van der Waals surface area contributed by atoms with Gasteiger partial charge in [0.1, 0.15) is 5.76 Å². The van der Waals surface area contributed by atoms with Crippen LogP contribution in [0.25, 0.3) is 6.08 Å². The fourth-order valence-electron chi connectivity index (χ4n) is 7.75. The summed E-state index contributed by atoms with van der Waals surface area (Å²) in [7, 11) is 1.38. The van der Waals surface area contributed by atoms with Crippen molar-refractivity contribution in [2.75, 3.05) is 7.11 Å². The van der Waals surface area contributed by atoms with Crippen LogP contribution in [-0.4, -0.2) is 46.0 Å². The number of fused-ring (bicyclic) bond motifs is 5. The number of aliphatic hydroxyl groups is 1. The number of esters is 1. The van der Waals surface area contributed by atoms with Crippen molar-refractivity contribution >= 4 is 40.7 Å². The highest BCUT2D eigenvalue weighted by Gasteiger charge is 2.43. The molecule has 2 N–H and O–H groups in total. The summed E-state index contributed by atoms with van der Waals surface area (Å²) in [4.78, 5) is 51.7. The number of nitro benzene ring substituents is 1. The molecule has 6 aliphatic rings. The number of nitro groups is 1. The van der Waals surface area contributed by atoms with Gasteiger partial charge in [-0.2, -0.15) is 0 Å². The first-order valence-electron chi connectivity index (χ1n) is 17.4. The van der Waals surface area contributed by atoms with E-state index in [0.29, 0.717) is 51.6 Å². The highest BCUT2D eigenvalue weighted by atomic mass is 16.6. The van der Waals surface area contributed by atoms with Gasteiger partial charge < -0.3 is 15.2 Å². The first kappa shape index (κ1) is 34.5. The Bertz CT molecular complexity index is 2260. The third kappa shape index (κ3) is 5.85. The number of allylic oxidation sites excluding steroid dienone is 13. The molecule has 2 fully saturated rings. The Hall–Kier alpha value is -5.97. The molecule has 264 valence electrons. The number of benzene rings is 1. The number of Topliss-reactive ketones (excluding diaryl/α,β-unsaturated/α-hetero) is 1. The number of nitrogens with zero attached hydrogens (tertiary/aromatic N) is 4. The molecule has 0 aromatic heterocycles. The number of ketones is 1. The lowest BCUT2D eigenvalue weighted by Gasteiger charge is -2.17. The standard InChI is InChI=1S/C41H39N5O6/c1-7-26-20(2)29-19-34-38(35(47)14-10-24-8-11-25(12-9-24)46(50)51)22(4)31(43-34)17-30-21(3)27(13-15-37(49)52-6)40(44-30)28-16-36(48)39-23(5)32(45-41(28)39)18-33(26)42-29/h8-12,14,17-19,21,27,44,47H,7,13,15-16H2,1-6H3/b14-10+,29-19?,30-17?,32-18?,38-35-,40-28?/t21-,27-/m0/s1. The van der Waals surface area contributed by atoms with Crippen LogP contribution in [0.1, 0.15) is 65.9 Å². The molecular weight excluding hydrogens is 658 g/mol. The summed E-state index contributed by atoms with van der Waals surface area (Å²) in [6.07, 6.45) is 10.8. The third-order valence-electron chi connectivity index (χ3n) is 10.7. The van der Waals surface area contributed by atoms with E-state index in [2.05, 4.69) is 19.2 Å². The molecule has 52 heavy (non-hydrogen) atoms. The Morgan fingerprint density at radius 1 is 1.04 bits per heavy atom. The number of non-ortho nitro benzene ring substituents is 1. The van der Waals surface area contributed by atoms with Crippen LogP contribution < -0.4 is 5.32 Å². The van der Waals surface area contributed by atoms with Gasteiger partial charge in [0.25, 0.3) is 5.69 Å². The fraction of sp³-hybridized carbons (Fsp3) is 0.293. The van der Waals surface area contributed by atoms with Gasteiger partial charge in [-0.25, -0.2) is 15.0 Å². The lowest BCUT2D eigenvalue weighted by Crippen LogP contribution is -2.15. The molecule has 0 spiro atoms. The average molecular weight is 698 g/mol. The van der Waals surface area contributed by atoms with E-state index < -0.39 is 4.92 Å². The van der Waals surface area contributed by atoms with Crippen molar-refractivity contribution in [1.29, 1.82) is 0 Å². The van der Waals surface area contributed by atoms with Gasteiger partial charge in [-0.05, 0) is 97.9 Å². The number of carbonyl (C=O) groups is 2. The van der Waals surface area contributed by atoms with E-state index in [-0.39, 0.29) is 47.9 Å². The van der Waals surface area contributed by atoms with Crippen molar-refractivity contribution < 1.29 is 24.4 Å². The number of rotatable bonds is 7. The molecule has 1 aliphatic carbocycles. The van der Waals surface area contributed by atoms with Crippen LogP contribution in [0.3, 0.4) is 0 Å². The smallest absolute Gasteiger partial charge is 0.305 e. The molecular formula is C41H39N5O6. The van der Waals surface area contributed by atoms with E-state index in [1.54, 1.807) is 24.3 Å².